The molecule has 2 aromatic rings. The molecule has 0 radical (unpaired) electrons. The van der Waals surface area contributed by atoms with Gasteiger partial charge in [0.15, 0.2) is 5.69 Å². The highest BCUT2D eigenvalue weighted by atomic mass is 19.4. The number of hydrogen-bond acceptors (Lipinski definition) is 5. The van der Waals surface area contributed by atoms with E-state index in [2.05, 4.69) is 20.3 Å². The lowest BCUT2D eigenvalue weighted by Gasteiger charge is -2.18. The molecule has 1 N–H and O–H groups in total. The van der Waals surface area contributed by atoms with Crippen molar-refractivity contribution >= 4 is 11.7 Å². The van der Waals surface area contributed by atoms with Gasteiger partial charge in [-0.3, -0.25) is 9.59 Å². The normalized spacial score (nSPS) is 15.5. The number of pyridine rings is 1. The molecule has 0 spiro atoms. The molecular weight excluding hydrogens is 375 g/mol. The Labute approximate surface area is 159 Å². The maximum absolute atomic E-state index is 12.8. The summed E-state index contributed by atoms with van der Waals surface area (Å²) in [6.07, 6.45) is -0.829. The van der Waals surface area contributed by atoms with Crippen LogP contribution < -0.4 is 15.8 Å². The topological polar surface area (TPSA) is 80.1 Å². The maximum atomic E-state index is 12.8. The Morgan fingerprint density at radius 1 is 1.25 bits per heavy atom. The van der Waals surface area contributed by atoms with Crippen molar-refractivity contribution < 1.29 is 18.0 Å². The number of nitrogens with one attached hydrogen (secondary N) is 1. The van der Waals surface area contributed by atoms with Crippen LogP contribution in [0.4, 0.5) is 19.0 Å². The van der Waals surface area contributed by atoms with Gasteiger partial charge in [-0.2, -0.15) is 18.3 Å². The quantitative estimate of drug-likeness (QED) is 0.839. The second-order valence-corrected chi connectivity index (χ2v) is 6.61. The van der Waals surface area contributed by atoms with Crippen LogP contribution in [0.25, 0.3) is 0 Å². The van der Waals surface area contributed by atoms with Crippen molar-refractivity contribution in [3.8, 4) is 0 Å². The molecular formula is C18H20F3N5O2. The predicted molar refractivity (Wildman–Crippen MR) is 95.7 cm³/mol. The van der Waals surface area contributed by atoms with E-state index in [4.69, 9.17) is 0 Å². The van der Waals surface area contributed by atoms with Gasteiger partial charge in [-0.1, -0.05) is 0 Å². The van der Waals surface area contributed by atoms with E-state index >= 15 is 0 Å². The third-order valence-corrected chi connectivity index (χ3v) is 4.57. The molecule has 0 bridgehead atoms. The molecule has 7 nitrogen and oxygen atoms in total. The first-order valence-electron chi connectivity index (χ1n) is 8.90. The monoisotopic (exact) mass is 395 g/mol. The molecule has 28 heavy (non-hydrogen) atoms. The van der Waals surface area contributed by atoms with Crippen molar-refractivity contribution in [2.45, 2.75) is 38.5 Å². The van der Waals surface area contributed by atoms with Crippen LogP contribution in [0, 0.1) is 0 Å². The lowest BCUT2D eigenvalue weighted by molar-refractivity contribution is -0.143. The van der Waals surface area contributed by atoms with Gasteiger partial charge < -0.3 is 10.2 Å². The Morgan fingerprint density at radius 3 is 2.64 bits per heavy atom. The fourth-order valence-electron chi connectivity index (χ4n) is 2.99. The Hall–Kier alpha value is -2.91. The molecule has 1 amide bonds. The molecule has 3 heterocycles. The first kappa shape index (κ1) is 19.8. The molecule has 1 aliphatic rings. The molecule has 0 saturated carbocycles. The molecule has 1 aliphatic heterocycles. The van der Waals surface area contributed by atoms with Crippen LogP contribution in [0.2, 0.25) is 0 Å². The Bertz CT molecular complexity index is 907. The number of hydrogen-bond donors (Lipinski definition) is 1. The standard InChI is InChI=1S/C18H20F3N5O2/c1-12(26-16(27)5-4-14(24-26)18(19,20)21)17(28)23-11-13-6-7-22-15(10-13)25-8-2-3-9-25/h4-7,10,12H,2-3,8-9,11H2,1H3,(H,23,28). The molecule has 1 saturated heterocycles. The SMILES string of the molecule is CC(C(=O)NCc1ccnc(N2CCCC2)c1)n1nc(C(F)(F)F)ccc1=O. The first-order valence-corrected chi connectivity index (χ1v) is 8.90. The highest BCUT2D eigenvalue weighted by Crippen LogP contribution is 2.26. The van der Waals surface area contributed by atoms with Gasteiger partial charge in [0.1, 0.15) is 11.9 Å². The molecule has 3 rings (SSSR count). The van der Waals surface area contributed by atoms with Crippen molar-refractivity contribution in [2.75, 3.05) is 18.0 Å². The van der Waals surface area contributed by atoms with Gasteiger partial charge in [0.05, 0.1) is 0 Å². The molecule has 1 fully saturated rings. The lowest BCUT2D eigenvalue weighted by atomic mass is 10.2. The summed E-state index contributed by atoms with van der Waals surface area (Å²) in [4.78, 5) is 30.7. The molecule has 2 aromatic heterocycles. The van der Waals surface area contributed by atoms with Gasteiger partial charge in [-0.25, -0.2) is 9.67 Å². The van der Waals surface area contributed by atoms with E-state index in [0.717, 1.165) is 43.4 Å². The number of nitrogens with zero attached hydrogens (tertiary/aromatic N) is 4. The Kier molecular flexibility index (Phi) is 5.66. The van der Waals surface area contributed by atoms with Crippen molar-refractivity contribution in [1.29, 1.82) is 0 Å². The number of carbonyl (C=O) groups is 1. The van der Waals surface area contributed by atoms with E-state index < -0.39 is 29.4 Å². The summed E-state index contributed by atoms with van der Waals surface area (Å²) in [5.74, 6) is 0.224. The zero-order valence-electron chi connectivity index (χ0n) is 15.2. The van der Waals surface area contributed by atoms with Crippen molar-refractivity contribution in [1.82, 2.24) is 20.1 Å². The maximum Gasteiger partial charge on any atom is 0.435 e. The van der Waals surface area contributed by atoms with E-state index in [9.17, 15) is 22.8 Å². The third kappa shape index (κ3) is 4.49. The number of anilines is 1. The average molecular weight is 395 g/mol. The summed E-state index contributed by atoms with van der Waals surface area (Å²) in [6.45, 7) is 3.36. The van der Waals surface area contributed by atoms with E-state index in [1.54, 1.807) is 12.3 Å². The number of amides is 1. The number of halogens is 3. The minimum atomic E-state index is -4.70. The zero-order valence-corrected chi connectivity index (χ0v) is 15.2. The number of rotatable bonds is 5. The molecule has 150 valence electrons. The number of carbonyl (C=O) groups excluding carboxylic acids is 1. The summed E-state index contributed by atoms with van der Waals surface area (Å²) in [5, 5.41) is 5.92. The minimum Gasteiger partial charge on any atom is -0.357 e. The van der Waals surface area contributed by atoms with Crippen molar-refractivity contribution in [3.63, 3.8) is 0 Å². The number of alkyl halides is 3. The lowest BCUT2D eigenvalue weighted by Crippen LogP contribution is -2.37. The highest BCUT2D eigenvalue weighted by Gasteiger charge is 2.34. The number of aromatic nitrogens is 3. The van der Waals surface area contributed by atoms with E-state index in [1.165, 1.54) is 6.92 Å². The van der Waals surface area contributed by atoms with Gasteiger partial charge in [0.25, 0.3) is 5.56 Å². The van der Waals surface area contributed by atoms with Gasteiger partial charge >= 0.3 is 6.18 Å². The molecule has 0 aromatic carbocycles. The predicted octanol–water partition coefficient (Wildman–Crippen LogP) is 2.13. The van der Waals surface area contributed by atoms with Gasteiger partial charge in [0.2, 0.25) is 5.91 Å². The smallest absolute Gasteiger partial charge is 0.357 e. The highest BCUT2D eigenvalue weighted by molar-refractivity contribution is 5.79. The molecule has 1 atom stereocenters. The minimum absolute atomic E-state index is 0.167. The van der Waals surface area contributed by atoms with Crippen molar-refractivity contribution in [3.05, 3.63) is 52.1 Å². The van der Waals surface area contributed by atoms with E-state index in [0.29, 0.717) is 10.7 Å². The van der Waals surface area contributed by atoms with Crippen LogP contribution in [-0.2, 0) is 17.5 Å². The Balaban J connectivity index is 1.68. The molecule has 1 unspecified atom stereocenters. The van der Waals surface area contributed by atoms with Crippen LogP contribution in [-0.4, -0.2) is 33.8 Å². The summed E-state index contributed by atoms with van der Waals surface area (Å²) in [6, 6.07) is 3.78. The molecule has 0 aliphatic carbocycles. The third-order valence-electron chi connectivity index (χ3n) is 4.57. The largest absolute Gasteiger partial charge is 0.435 e. The van der Waals surface area contributed by atoms with Crippen molar-refractivity contribution in [2.24, 2.45) is 0 Å². The summed E-state index contributed by atoms with van der Waals surface area (Å²) >= 11 is 0. The average Bonchev–Trinajstić information content (AvgIpc) is 3.20. The van der Waals surface area contributed by atoms with E-state index in [1.807, 2.05) is 6.07 Å². The second-order valence-electron chi connectivity index (χ2n) is 6.61. The van der Waals surface area contributed by atoms with Gasteiger partial charge in [-0.15, -0.1) is 0 Å². The summed E-state index contributed by atoms with van der Waals surface area (Å²) in [5.41, 5.74) is -1.20. The fraction of sp³-hybridized carbons (Fsp3) is 0.444. The second kappa shape index (κ2) is 7.99. The first-order chi connectivity index (χ1) is 13.3. The van der Waals surface area contributed by atoms with Crippen LogP contribution >= 0.6 is 0 Å². The fourth-order valence-corrected chi connectivity index (χ4v) is 2.99. The van der Waals surface area contributed by atoms with Crippen LogP contribution in [0.15, 0.2) is 35.3 Å². The summed E-state index contributed by atoms with van der Waals surface area (Å²) in [7, 11) is 0. The van der Waals surface area contributed by atoms with Crippen LogP contribution in [0.5, 0.6) is 0 Å². The Morgan fingerprint density at radius 2 is 1.96 bits per heavy atom. The zero-order chi connectivity index (χ0) is 20.3. The van der Waals surface area contributed by atoms with Crippen LogP contribution in [0.1, 0.15) is 37.1 Å². The summed E-state index contributed by atoms with van der Waals surface area (Å²) < 4.78 is 39.0. The molecule has 10 heteroatoms. The van der Waals surface area contributed by atoms with Gasteiger partial charge in [0, 0.05) is 31.9 Å². The van der Waals surface area contributed by atoms with E-state index in [-0.39, 0.29) is 6.54 Å². The van der Waals surface area contributed by atoms with Gasteiger partial charge in [-0.05, 0) is 43.5 Å². The van der Waals surface area contributed by atoms with Crippen LogP contribution in [0.3, 0.4) is 0 Å².